The van der Waals surface area contributed by atoms with Crippen LogP contribution in [0.25, 0.3) is 22.3 Å². The molecule has 240 valence electrons. The zero-order valence-corrected chi connectivity index (χ0v) is 25.9. The molecule has 2 saturated heterocycles. The Kier molecular flexibility index (Phi) is 9.59. The minimum absolute atomic E-state index is 0.105. The first-order valence-corrected chi connectivity index (χ1v) is 16.0. The number of hydrogen-bond acceptors (Lipinski definition) is 12. The van der Waals surface area contributed by atoms with Crippen LogP contribution >= 0.6 is 0 Å². The summed E-state index contributed by atoms with van der Waals surface area (Å²) in [7, 11) is 0. The van der Waals surface area contributed by atoms with Crippen molar-refractivity contribution >= 4 is 34.3 Å². The number of fused-ring (bicyclic) bond motifs is 2. The minimum atomic E-state index is -1.61. The molecule has 2 aliphatic rings. The molecule has 0 saturated carbocycles. The molecular formula is C31H40N8O6. The molecule has 2 atom stereocenters. The molecule has 45 heavy (non-hydrogen) atoms. The van der Waals surface area contributed by atoms with Crippen molar-refractivity contribution in [2.24, 2.45) is 5.41 Å². The highest BCUT2D eigenvalue weighted by Gasteiger charge is 2.49. The van der Waals surface area contributed by atoms with Gasteiger partial charge in [0.2, 0.25) is 0 Å². The largest absolute Gasteiger partial charge is 0.465 e. The molecule has 0 aliphatic carbocycles. The summed E-state index contributed by atoms with van der Waals surface area (Å²) < 4.78 is 27.4. The first kappa shape index (κ1) is 31.0. The monoisotopic (exact) mass is 620 g/mol. The number of rotatable bonds is 12. The van der Waals surface area contributed by atoms with Crippen LogP contribution in [0.4, 0.5) is 0 Å². The van der Waals surface area contributed by atoms with Gasteiger partial charge in [-0.25, -0.2) is 29.9 Å². The van der Waals surface area contributed by atoms with Crippen LogP contribution in [-0.4, -0.2) is 77.4 Å². The summed E-state index contributed by atoms with van der Waals surface area (Å²) in [6.45, 7) is 4.97. The van der Waals surface area contributed by atoms with Gasteiger partial charge in [0.25, 0.3) is 0 Å². The summed E-state index contributed by atoms with van der Waals surface area (Å²) in [6.07, 6.45) is 12.2. The number of ether oxygens (including phenoxy) is 4. The number of esters is 2. The molecule has 0 bridgehead atoms. The zero-order chi connectivity index (χ0) is 31.2. The van der Waals surface area contributed by atoms with Gasteiger partial charge in [-0.2, -0.15) is 0 Å². The van der Waals surface area contributed by atoms with Crippen LogP contribution in [-0.2, 0) is 41.4 Å². The van der Waals surface area contributed by atoms with Gasteiger partial charge in [0, 0.05) is 26.1 Å². The Bertz CT molecular complexity index is 1500. The number of carbonyl (C=O) groups excluding carboxylic acids is 2. The Morgan fingerprint density at radius 3 is 1.64 bits per heavy atom. The summed E-state index contributed by atoms with van der Waals surface area (Å²) >= 11 is 0. The van der Waals surface area contributed by atoms with Crippen molar-refractivity contribution in [3.05, 3.63) is 36.7 Å². The molecule has 0 radical (unpaired) electrons. The second-order valence-corrected chi connectivity index (χ2v) is 11.4. The number of nitrogens with zero attached hydrogens (tertiary/aromatic N) is 8. The summed E-state index contributed by atoms with van der Waals surface area (Å²) in [5, 5.41) is 0. The molecule has 6 heterocycles. The number of imidazole rings is 2. The summed E-state index contributed by atoms with van der Waals surface area (Å²) in [5.74, 6) is 0.0642. The van der Waals surface area contributed by atoms with E-state index in [4.69, 9.17) is 28.9 Å². The van der Waals surface area contributed by atoms with Crippen LogP contribution < -0.4 is 0 Å². The van der Waals surface area contributed by atoms with Crippen molar-refractivity contribution in [1.29, 1.82) is 0 Å². The van der Waals surface area contributed by atoms with Crippen molar-refractivity contribution in [3.8, 4) is 0 Å². The topological polar surface area (TPSA) is 158 Å². The van der Waals surface area contributed by atoms with Gasteiger partial charge in [-0.1, -0.05) is 0 Å². The lowest BCUT2D eigenvalue weighted by Gasteiger charge is -2.30. The highest BCUT2D eigenvalue weighted by Crippen LogP contribution is 2.37. The van der Waals surface area contributed by atoms with E-state index in [1.807, 2.05) is 9.13 Å². The summed E-state index contributed by atoms with van der Waals surface area (Å²) in [6, 6.07) is 0. The second kappa shape index (κ2) is 13.9. The molecule has 4 aromatic rings. The molecule has 2 unspecified atom stereocenters. The van der Waals surface area contributed by atoms with E-state index >= 15 is 0 Å². The molecule has 4 aromatic heterocycles. The van der Waals surface area contributed by atoms with Crippen LogP contribution in [0.15, 0.2) is 25.0 Å². The average molecular weight is 621 g/mol. The minimum Gasteiger partial charge on any atom is -0.465 e. The van der Waals surface area contributed by atoms with Crippen molar-refractivity contribution in [1.82, 2.24) is 39.0 Å². The molecule has 14 nitrogen and oxygen atoms in total. The molecule has 0 N–H and O–H groups in total. The smallest absolute Gasteiger partial charge is 0.323 e. The predicted molar refractivity (Wildman–Crippen MR) is 161 cm³/mol. The van der Waals surface area contributed by atoms with E-state index in [9.17, 15) is 9.59 Å². The van der Waals surface area contributed by atoms with Gasteiger partial charge < -0.3 is 18.9 Å². The second-order valence-electron chi connectivity index (χ2n) is 11.4. The van der Waals surface area contributed by atoms with Gasteiger partial charge in [-0.05, 0) is 65.2 Å². The van der Waals surface area contributed by atoms with Crippen LogP contribution in [0, 0.1) is 5.41 Å². The Morgan fingerprint density at radius 1 is 0.778 bits per heavy atom. The quantitative estimate of drug-likeness (QED) is 0.166. The molecule has 14 heteroatoms. The zero-order valence-electron chi connectivity index (χ0n) is 25.9. The third-order valence-corrected chi connectivity index (χ3v) is 8.63. The molecule has 0 amide bonds. The maximum Gasteiger partial charge on any atom is 0.323 e. The van der Waals surface area contributed by atoms with E-state index in [0.29, 0.717) is 47.2 Å². The number of hydrogen-bond donors (Lipinski definition) is 0. The van der Waals surface area contributed by atoms with E-state index < -0.39 is 17.4 Å². The van der Waals surface area contributed by atoms with Crippen LogP contribution in [0.3, 0.4) is 0 Å². The SMILES string of the molecule is CCOC(=O)C(CCc1nc2cncnc2n1C1CCCCO1)(CCc1nc2cncnc2n1C1CCCCO1)C(=O)OCC. The van der Waals surface area contributed by atoms with Crippen molar-refractivity contribution in [2.45, 2.75) is 90.5 Å². The molecule has 2 fully saturated rings. The predicted octanol–water partition coefficient (Wildman–Crippen LogP) is 4.04. The maximum absolute atomic E-state index is 13.9. The van der Waals surface area contributed by atoms with E-state index in [2.05, 4.69) is 19.9 Å². The molecule has 6 rings (SSSR count). The number of aryl methyl sites for hydroxylation is 2. The molecule has 0 spiro atoms. The third-order valence-electron chi connectivity index (χ3n) is 8.63. The van der Waals surface area contributed by atoms with Crippen LogP contribution in [0.2, 0.25) is 0 Å². The molecule has 2 aliphatic heterocycles. The lowest BCUT2D eigenvalue weighted by atomic mass is 9.78. The molecule has 0 aromatic carbocycles. The van der Waals surface area contributed by atoms with Gasteiger partial charge in [0.05, 0.1) is 25.6 Å². The van der Waals surface area contributed by atoms with E-state index in [1.54, 1.807) is 26.2 Å². The fraction of sp³-hybridized carbons (Fsp3) is 0.613. The lowest BCUT2D eigenvalue weighted by Crippen LogP contribution is -2.43. The van der Waals surface area contributed by atoms with Crippen LogP contribution in [0.1, 0.15) is 89.3 Å². The third kappa shape index (κ3) is 6.25. The van der Waals surface area contributed by atoms with Crippen molar-refractivity contribution in [2.75, 3.05) is 26.4 Å². The Morgan fingerprint density at radius 2 is 1.24 bits per heavy atom. The van der Waals surface area contributed by atoms with E-state index in [-0.39, 0.29) is 51.4 Å². The highest BCUT2D eigenvalue weighted by atomic mass is 16.6. The van der Waals surface area contributed by atoms with Gasteiger partial charge >= 0.3 is 11.9 Å². The van der Waals surface area contributed by atoms with Crippen LogP contribution in [0.5, 0.6) is 0 Å². The van der Waals surface area contributed by atoms with Crippen molar-refractivity contribution < 1.29 is 28.5 Å². The Balaban J connectivity index is 1.36. The number of carbonyl (C=O) groups is 2. The fourth-order valence-electron chi connectivity index (χ4n) is 6.41. The Hall–Kier alpha value is -4.04. The highest BCUT2D eigenvalue weighted by molar-refractivity contribution is 6.00. The fourth-order valence-corrected chi connectivity index (χ4v) is 6.41. The summed E-state index contributed by atoms with van der Waals surface area (Å²) in [4.78, 5) is 54.7. The van der Waals surface area contributed by atoms with Gasteiger partial charge in [0.1, 0.15) is 47.8 Å². The lowest BCUT2D eigenvalue weighted by molar-refractivity contribution is -0.173. The van der Waals surface area contributed by atoms with E-state index in [0.717, 1.165) is 38.5 Å². The first-order chi connectivity index (χ1) is 22.1. The van der Waals surface area contributed by atoms with Gasteiger partial charge in [0.15, 0.2) is 16.7 Å². The van der Waals surface area contributed by atoms with Gasteiger partial charge in [-0.15, -0.1) is 0 Å². The summed E-state index contributed by atoms with van der Waals surface area (Å²) in [5.41, 5.74) is 0.957. The maximum atomic E-state index is 13.9. The van der Waals surface area contributed by atoms with Crippen molar-refractivity contribution in [3.63, 3.8) is 0 Å². The average Bonchev–Trinajstić information content (AvgIpc) is 3.64. The standard InChI is InChI=1S/C31H40N8O6/c1-3-42-29(40)31(30(41)43-4-2,13-11-23-36-21-17-32-19-34-27(21)38(23)25-9-5-7-15-44-25)14-12-24-37-22-18-33-20-35-28(22)39(24)26-10-6-8-16-45-26/h17-20,25-26H,3-16H2,1-2H3. The first-order valence-electron chi connectivity index (χ1n) is 16.0. The Labute approximate surface area is 260 Å². The normalized spacial score (nSPS) is 19.2. The van der Waals surface area contributed by atoms with Gasteiger partial charge in [-0.3, -0.25) is 18.7 Å². The molecular weight excluding hydrogens is 580 g/mol. The number of aromatic nitrogens is 8. The van der Waals surface area contributed by atoms with E-state index in [1.165, 1.54) is 12.7 Å².